The number of anilines is 1. The van der Waals surface area contributed by atoms with Gasteiger partial charge in [-0.3, -0.25) is 9.59 Å². The number of aryl methyl sites for hydroxylation is 1. The second-order valence-electron chi connectivity index (χ2n) is 7.62. The summed E-state index contributed by atoms with van der Waals surface area (Å²) in [7, 11) is 3.42. The molecule has 0 aliphatic heterocycles. The van der Waals surface area contributed by atoms with Gasteiger partial charge in [0.05, 0.1) is 12.7 Å². The zero-order valence-corrected chi connectivity index (χ0v) is 17.0. The molecule has 1 aromatic heterocycles. The summed E-state index contributed by atoms with van der Waals surface area (Å²) < 4.78 is 5.66. The Balaban J connectivity index is 1.74. The number of hydrogen-bond donors (Lipinski definition) is 1. The second-order valence-corrected chi connectivity index (χ2v) is 7.62. The van der Waals surface area contributed by atoms with Gasteiger partial charge >= 0.3 is 0 Å². The maximum atomic E-state index is 12.5. The molecule has 0 atom stereocenters. The zero-order valence-electron chi connectivity index (χ0n) is 17.0. The van der Waals surface area contributed by atoms with E-state index in [-0.39, 0.29) is 18.2 Å². The predicted molar refractivity (Wildman–Crippen MR) is 112 cm³/mol. The van der Waals surface area contributed by atoms with E-state index in [1.54, 1.807) is 44.6 Å². The van der Waals surface area contributed by atoms with Crippen molar-refractivity contribution < 1.29 is 14.0 Å². The van der Waals surface area contributed by atoms with Crippen LogP contribution in [0.5, 0.6) is 0 Å². The molecule has 0 saturated carbocycles. The van der Waals surface area contributed by atoms with Gasteiger partial charge in [-0.2, -0.15) is 0 Å². The number of nitrogens with zero attached hydrogens (tertiary/aromatic N) is 1. The van der Waals surface area contributed by atoms with E-state index in [1.165, 1.54) is 16.0 Å². The van der Waals surface area contributed by atoms with Gasteiger partial charge in [0.1, 0.15) is 5.58 Å². The van der Waals surface area contributed by atoms with Crippen LogP contribution in [0.25, 0.3) is 11.0 Å². The third-order valence-electron chi connectivity index (χ3n) is 4.84. The molecule has 28 heavy (non-hydrogen) atoms. The first-order valence-corrected chi connectivity index (χ1v) is 9.38. The maximum Gasteiger partial charge on any atom is 0.253 e. The topological polar surface area (TPSA) is 62.6 Å². The fourth-order valence-corrected chi connectivity index (χ4v) is 3.34. The normalized spacial score (nSPS) is 11.1. The van der Waals surface area contributed by atoms with E-state index < -0.39 is 0 Å². The lowest BCUT2D eigenvalue weighted by molar-refractivity contribution is -0.115. The summed E-state index contributed by atoms with van der Waals surface area (Å²) in [6.45, 7) is 6.39. The van der Waals surface area contributed by atoms with Gasteiger partial charge in [0.15, 0.2) is 0 Å². The minimum atomic E-state index is -0.124. The van der Waals surface area contributed by atoms with E-state index in [0.29, 0.717) is 17.2 Å². The quantitative estimate of drug-likeness (QED) is 0.697. The van der Waals surface area contributed by atoms with E-state index in [1.807, 2.05) is 6.07 Å². The number of carbonyl (C=O) groups excluding carboxylic acids is 2. The van der Waals surface area contributed by atoms with Gasteiger partial charge in [-0.25, -0.2) is 0 Å². The molecule has 2 aromatic carbocycles. The lowest BCUT2D eigenvalue weighted by Crippen LogP contribution is -2.21. The van der Waals surface area contributed by atoms with Crippen molar-refractivity contribution in [3.05, 3.63) is 64.9 Å². The Labute approximate surface area is 165 Å². The fourth-order valence-electron chi connectivity index (χ4n) is 3.34. The number of nitrogens with one attached hydrogen (secondary N) is 1. The van der Waals surface area contributed by atoms with E-state index in [2.05, 4.69) is 32.2 Å². The van der Waals surface area contributed by atoms with E-state index in [9.17, 15) is 9.59 Å². The number of amides is 2. The van der Waals surface area contributed by atoms with Crippen molar-refractivity contribution >= 4 is 28.5 Å². The summed E-state index contributed by atoms with van der Waals surface area (Å²) in [6.07, 6.45) is 1.89. The van der Waals surface area contributed by atoms with Crippen LogP contribution in [0.3, 0.4) is 0 Å². The predicted octanol–water partition coefficient (Wildman–Crippen LogP) is 4.75. The number of benzene rings is 2. The van der Waals surface area contributed by atoms with Crippen molar-refractivity contribution in [2.75, 3.05) is 19.4 Å². The number of hydrogen-bond acceptors (Lipinski definition) is 3. The molecule has 0 bridgehead atoms. The summed E-state index contributed by atoms with van der Waals surface area (Å²) in [5.74, 6) is 0.212. The van der Waals surface area contributed by atoms with Crippen LogP contribution in [0.4, 0.5) is 5.69 Å². The summed E-state index contributed by atoms with van der Waals surface area (Å²) in [4.78, 5) is 26.0. The molecule has 5 nitrogen and oxygen atoms in total. The zero-order chi connectivity index (χ0) is 20.4. The van der Waals surface area contributed by atoms with E-state index in [0.717, 1.165) is 16.5 Å². The third kappa shape index (κ3) is 4.09. The Morgan fingerprint density at radius 3 is 2.39 bits per heavy atom. The van der Waals surface area contributed by atoms with Crippen LogP contribution in [0.2, 0.25) is 0 Å². The van der Waals surface area contributed by atoms with Crippen molar-refractivity contribution in [1.29, 1.82) is 0 Å². The first kappa shape index (κ1) is 19.7. The molecule has 146 valence electrons. The largest absolute Gasteiger partial charge is 0.464 e. The van der Waals surface area contributed by atoms with Crippen LogP contribution < -0.4 is 5.32 Å². The number of furan rings is 1. The summed E-state index contributed by atoms with van der Waals surface area (Å²) in [5, 5.41) is 3.87. The SMILES string of the molecule is Cc1cc2occ(CC(=O)Nc3ccc(C(=O)N(C)C)cc3)c2cc1C(C)C. The molecule has 3 aromatic rings. The molecule has 5 heteroatoms. The van der Waals surface area contributed by atoms with Crippen molar-refractivity contribution in [2.24, 2.45) is 0 Å². The molecular formula is C23H26N2O3. The van der Waals surface area contributed by atoms with Gasteiger partial charge in [0.25, 0.3) is 5.91 Å². The standard InChI is InChI=1S/C23H26N2O3/c1-14(2)19-12-20-17(13-28-21(20)10-15(19)3)11-22(26)24-18-8-6-16(7-9-18)23(27)25(4)5/h6-10,12-14H,11H2,1-5H3,(H,24,26). The molecule has 1 heterocycles. The molecule has 0 spiro atoms. The highest BCUT2D eigenvalue weighted by Gasteiger charge is 2.14. The molecule has 0 aliphatic carbocycles. The van der Waals surface area contributed by atoms with Crippen LogP contribution in [0.15, 0.2) is 47.1 Å². The molecule has 0 aliphatic rings. The van der Waals surface area contributed by atoms with Gasteiger partial charge in [0.2, 0.25) is 5.91 Å². The molecule has 2 amide bonds. The minimum Gasteiger partial charge on any atom is -0.464 e. The van der Waals surface area contributed by atoms with Crippen LogP contribution in [-0.4, -0.2) is 30.8 Å². The monoisotopic (exact) mass is 378 g/mol. The maximum absolute atomic E-state index is 12.5. The first-order chi connectivity index (χ1) is 13.3. The highest BCUT2D eigenvalue weighted by Crippen LogP contribution is 2.29. The molecule has 0 unspecified atom stereocenters. The highest BCUT2D eigenvalue weighted by molar-refractivity contribution is 5.97. The number of rotatable bonds is 5. The molecule has 0 radical (unpaired) electrons. The Hall–Kier alpha value is -3.08. The smallest absolute Gasteiger partial charge is 0.253 e. The van der Waals surface area contributed by atoms with Gasteiger partial charge in [0, 0.05) is 36.3 Å². The molecule has 3 rings (SSSR count). The summed E-state index contributed by atoms with van der Waals surface area (Å²) in [6, 6.07) is 11.1. The van der Waals surface area contributed by atoms with Crippen molar-refractivity contribution in [3.63, 3.8) is 0 Å². The number of fused-ring (bicyclic) bond motifs is 1. The highest BCUT2D eigenvalue weighted by atomic mass is 16.3. The lowest BCUT2D eigenvalue weighted by Gasteiger charge is -2.11. The lowest BCUT2D eigenvalue weighted by atomic mass is 9.95. The minimum absolute atomic E-state index is 0.0704. The van der Waals surface area contributed by atoms with Crippen molar-refractivity contribution in [3.8, 4) is 0 Å². The van der Waals surface area contributed by atoms with Gasteiger partial charge in [-0.05, 0) is 60.4 Å². The van der Waals surface area contributed by atoms with Crippen LogP contribution in [0, 0.1) is 6.92 Å². The van der Waals surface area contributed by atoms with Crippen molar-refractivity contribution in [1.82, 2.24) is 4.90 Å². The average molecular weight is 378 g/mol. The summed E-state index contributed by atoms with van der Waals surface area (Å²) in [5.41, 5.74) is 5.37. The molecular weight excluding hydrogens is 352 g/mol. The number of carbonyl (C=O) groups is 2. The Morgan fingerprint density at radius 1 is 1.11 bits per heavy atom. The van der Waals surface area contributed by atoms with Crippen molar-refractivity contribution in [2.45, 2.75) is 33.1 Å². The third-order valence-corrected chi connectivity index (χ3v) is 4.84. The van der Waals surface area contributed by atoms with Gasteiger partial charge < -0.3 is 14.6 Å². The van der Waals surface area contributed by atoms with Crippen LogP contribution in [-0.2, 0) is 11.2 Å². The average Bonchev–Trinajstić information content (AvgIpc) is 3.02. The summed E-state index contributed by atoms with van der Waals surface area (Å²) >= 11 is 0. The van der Waals surface area contributed by atoms with E-state index in [4.69, 9.17) is 4.42 Å². The fraction of sp³-hybridized carbons (Fsp3) is 0.304. The molecule has 0 saturated heterocycles. The Kier molecular flexibility index (Phi) is 5.54. The van der Waals surface area contributed by atoms with Crippen LogP contribution >= 0.6 is 0 Å². The second kappa shape index (κ2) is 7.89. The Bertz CT molecular complexity index is 1010. The van der Waals surface area contributed by atoms with Crippen LogP contribution in [0.1, 0.15) is 46.8 Å². The van der Waals surface area contributed by atoms with E-state index >= 15 is 0 Å². The van der Waals surface area contributed by atoms with Gasteiger partial charge in [-0.1, -0.05) is 13.8 Å². The molecule has 1 N–H and O–H groups in total. The van der Waals surface area contributed by atoms with Gasteiger partial charge in [-0.15, -0.1) is 0 Å². The Morgan fingerprint density at radius 2 is 1.79 bits per heavy atom. The first-order valence-electron chi connectivity index (χ1n) is 9.38. The molecule has 0 fully saturated rings.